The lowest BCUT2D eigenvalue weighted by molar-refractivity contribution is -0.142. The van der Waals surface area contributed by atoms with Crippen LogP contribution in [0.5, 0.6) is 0 Å². The Morgan fingerprint density at radius 2 is 1.90 bits per heavy atom. The van der Waals surface area contributed by atoms with Crippen LogP contribution in [0, 0.1) is 11.8 Å². The van der Waals surface area contributed by atoms with Crippen molar-refractivity contribution in [2.45, 2.75) is 19.4 Å². The summed E-state index contributed by atoms with van der Waals surface area (Å²) in [7, 11) is 1.30. The molecule has 2 aliphatic rings. The molecule has 2 fully saturated rings. The minimum atomic E-state index is -0.857. The standard InChI is InChI=1S/C13H21N3O5/c1-8-5-16(7-10(8)11(17)18)13(20)15-4-3-9(6-15)14-12(19)21-2/h8-10H,3-7H2,1-2H3,(H,14,19)(H,17,18)/t8-,9?,10-/m1/s1. The Morgan fingerprint density at radius 1 is 1.19 bits per heavy atom. The summed E-state index contributed by atoms with van der Waals surface area (Å²) < 4.78 is 4.53. The minimum absolute atomic E-state index is 0.0435. The molecule has 0 aromatic rings. The van der Waals surface area contributed by atoms with E-state index in [1.807, 2.05) is 6.92 Å². The topological polar surface area (TPSA) is 99.2 Å². The number of hydrogen-bond donors (Lipinski definition) is 2. The zero-order valence-corrected chi connectivity index (χ0v) is 12.2. The number of alkyl carbamates (subject to hydrolysis) is 1. The zero-order chi connectivity index (χ0) is 15.6. The first kappa shape index (κ1) is 15.4. The van der Waals surface area contributed by atoms with Gasteiger partial charge in [-0.1, -0.05) is 6.92 Å². The molecule has 3 amide bonds. The quantitative estimate of drug-likeness (QED) is 0.758. The first-order valence-electron chi connectivity index (χ1n) is 7.03. The van der Waals surface area contributed by atoms with E-state index in [9.17, 15) is 14.4 Å². The predicted molar refractivity (Wildman–Crippen MR) is 72.8 cm³/mol. The summed E-state index contributed by atoms with van der Waals surface area (Å²) in [6.07, 6.45) is 0.169. The molecule has 2 aliphatic heterocycles. The van der Waals surface area contributed by atoms with Gasteiger partial charge in [-0.3, -0.25) is 4.79 Å². The van der Waals surface area contributed by atoms with Crippen LogP contribution in [0.2, 0.25) is 0 Å². The molecule has 0 aromatic carbocycles. The number of carboxylic acids is 1. The van der Waals surface area contributed by atoms with Crippen LogP contribution in [0.25, 0.3) is 0 Å². The number of amides is 3. The lowest BCUT2D eigenvalue weighted by Crippen LogP contribution is -2.43. The molecular formula is C13H21N3O5. The number of nitrogens with one attached hydrogen (secondary N) is 1. The van der Waals surface area contributed by atoms with E-state index in [1.165, 1.54) is 7.11 Å². The number of likely N-dealkylation sites (tertiary alicyclic amines) is 2. The van der Waals surface area contributed by atoms with E-state index in [0.29, 0.717) is 26.1 Å². The van der Waals surface area contributed by atoms with Crippen LogP contribution in [0.4, 0.5) is 9.59 Å². The minimum Gasteiger partial charge on any atom is -0.481 e. The third-order valence-corrected chi connectivity index (χ3v) is 4.17. The van der Waals surface area contributed by atoms with Crippen molar-refractivity contribution in [3.05, 3.63) is 0 Å². The molecule has 118 valence electrons. The van der Waals surface area contributed by atoms with Crippen molar-refractivity contribution < 1.29 is 24.2 Å². The Morgan fingerprint density at radius 3 is 2.48 bits per heavy atom. The fourth-order valence-electron chi connectivity index (χ4n) is 2.92. The Labute approximate surface area is 123 Å². The third-order valence-electron chi connectivity index (χ3n) is 4.17. The lowest BCUT2D eigenvalue weighted by atomic mass is 9.99. The van der Waals surface area contributed by atoms with Crippen LogP contribution >= 0.6 is 0 Å². The number of aliphatic carboxylic acids is 1. The molecule has 0 aliphatic carbocycles. The highest BCUT2D eigenvalue weighted by atomic mass is 16.5. The number of carboxylic acid groups (broad SMARTS) is 1. The molecule has 1 unspecified atom stereocenters. The molecule has 0 saturated carbocycles. The Bertz CT molecular complexity index is 442. The molecular weight excluding hydrogens is 278 g/mol. The molecule has 0 radical (unpaired) electrons. The van der Waals surface area contributed by atoms with Gasteiger partial charge in [0.15, 0.2) is 0 Å². The van der Waals surface area contributed by atoms with E-state index < -0.39 is 18.0 Å². The molecule has 2 saturated heterocycles. The second-order valence-corrected chi connectivity index (χ2v) is 5.68. The van der Waals surface area contributed by atoms with Gasteiger partial charge in [-0.05, 0) is 12.3 Å². The van der Waals surface area contributed by atoms with Crippen LogP contribution < -0.4 is 5.32 Å². The molecule has 0 aromatic heterocycles. The van der Waals surface area contributed by atoms with Gasteiger partial charge in [-0.2, -0.15) is 0 Å². The van der Waals surface area contributed by atoms with Gasteiger partial charge in [0.2, 0.25) is 0 Å². The highest BCUT2D eigenvalue weighted by molar-refractivity contribution is 5.78. The van der Waals surface area contributed by atoms with Gasteiger partial charge in [0.25, 0.3) is 0 Å². The number of methoxy groups -OCH3 is 1. The summed E-state index contributed by atoms with van der Waals surface area (Å²) in [5.74, 6) is -1.40. The fraction of sp³-hybridized carbons (Fsp3) is 0.769. The molecule has 8 nitrogen and oxygen atoms in total. The lowest BCUT2D eigenvalue weighted by Gasteiger charge is -2.24. The highest BCUT2D eigenvalue weighted by Crippen LogP contribution is 2.25. The van der Waals surface area contributed by atoms with Crippen molar-refractivity contribution in [2.24, 2.45) is 11.8 Å². The van der Waals surface area contributed by atoms with Gasteiger partial charge < -0.3 is 25.0 Å². The SMILES string of the molecule is COC(=O)NC1CCN(C(=O)N2C[C@@H](C)[C@H](C(=O)O)C2)C1. The Kier molecular flexibility index (Phi) is 4.54. The highest BCUT2D eigenvalue weighted by Gasteiger charge is 2.39. The van der Waals surface area contributed by atoms with Crippen LogP contribution in [0.3, 0.4) is 0 Å². The first-order valence-corrected chi connectivity index (χ1v) is 7.03. The molecule has 2 heterocycles. The average Bonchev–Trinajstić information content (AvgIpc) is 3.04. The number of nitrogens with zero attached hydrogens (tertiary/aromatic N) is 2. The first-order chi connectivity index (χ1) is 9.92. The van der Waals surface area contributed by atoms with Gasteiger partial charge >= 0.3 is 18.1 Å². The van der Waals surface area contributed by atoms with Crippen LogP contribution in [0.15, 0.2) is 0 Å². The number of carbonyl (C=O) groups excluding carboxylic acids is 2. The summed E-state index contributed by atoms with van der Waals surface area (Å²) >= 11 is 0. The van der Waals surface area contributed by atoms with E-state index >= 15 is 0 Å². The van der Waals surface area contributed by atoms with E-state index in [-0.39, 0.29) is 24.5 Å². The Balaban J connectivity index is 1.88. The van der Waals surface area contributed by atoms with Gasteiger partial charge in [-0.15, -0.1) is 0 Å². The van der Waals surface area contributed by atoms with Gasteiger partial charge in [-0.25, -0.2) is 9.59 Å². The summed E-state index contributed by atoms with van der Waals surface area (Å²) in [6.45, 7) is 3.53. The second kappa shape index (κ2) is 6.19. The molecule has 2 rings (SSSR count). The zero-order valence-electron chi connectivity index (χ0n) is 12.2. The number of urea groups is 1. The summed E-state index contributed by atoms with van der Waals surface area (Å²) in [4.78, 5) is 37.9. The van der Waals surface area contributed by atoms with Crippen molar-refractivity contribution in [1.29, 1.82) is 0 Å². The molecule has 21 heavy (non-hydrogen) atoms. The maximum atomic E-state index is 12.4. The van der Waals surface area contributed by atoms with Crippen molar-refractivity contribution in [1.82, 2.24) is 15.1 Å². The number of ether oxygens (including phenoxy) is 1. The number of carbonyl (C=O) groups is 3. The molecule has 2 N–H and O–H groups in total. The molecule has 0 bridgehead atoms. The van der Waals surface area contributed by atoms with Crippen molar-refractivity contribution in [3.63, 3.8) is 0 Å². The predicted octanol–water partition coefficient (Wildman–Crippen LogP) is 0.189. The fourth-order valence-corrected chi connectivity index (χ4v) is 2.92. The molecule has 8 heteroatoms. The van der Waals surface area contributed by atoms with E-state index in [2.05, 4.69) is 10.1 Å². The third kappa shape index (κ3) is 3.37. The average molecular weight is 299 g/mol. The largest absolute Gasteiger partial charge is 0.481 e. The van der Waals surface area contributed by atoms with Crippen LogP contribution in [-0.4, -0.2) is 72.3 Å². The number of hydrogen-bond acceptors (Lipinski definition) is 4. The second-order valence-electron chi connectivity index (χ2n) is 5.68. The summed E-state index contributed by atoms with van der Waals surface area (Å²) in [6, 6.07) is -0.267. The maximum absolute atomic E-state index is 12.4. The van der Waals surface area contributed by atoms with Crippen LogP contribution in [-0.2, 0) is 9.53 Å². The summed E-state index contributed by atoms with van der Waals surface area (Å²) in [5, 5.41) is 11.8. The molecule has 3 atom stereocenters. The van der Waals surface area contributed by atoms with E-state index in [4.69, 9.17) is 5.11 Å². The number of rotatable bonds is 2. The van der Waals surface area contributed by atoms with Crippen molar-refractivity contribution in [2.75, 3.05) is 33.3 Å². The smallest absolute Gasteiger partial charge is 0.407 e. The van der Waals surface area contributed by atoms with Gasteiger partial charge in [0.1, 0.15) is 0 Å². The van der Waals surface area contributed by atoms with Gasteiger partial charge in [0, 0.05) is 26.2 Å². The summed E-state index contributed by atoms with van der Waals surface area (Å²) in [5.41, 5.74) is 0. The van der Waals surface area contributed by atoms with E-state index in [0.717, 1.165) is 0 Å². The van der Waals surface area contributed by atoms with Crippen LogP contribution in [0.1, 0.15) is 13.3 Å². The maximum Gasteiger partial charge on any atom is 0.407 e. The monoisotopic (exact) mass is 299 g/mol. The Hall–Kier alpha value is -1.99. The van der Waals surface area contributed by atoms with Gasteiger partial charge in [0.05, 0.1) is 19.1 Å². The molecule has 0 spiro atoms. The van der Waals surface area contributed by atoms with Crippen molar-refractivity contribution in [3.8, 4) is 0 Å². The van der Waals surface area contributed by atoms with E-state index in [1.54, 1.807) is 9.80 Å². The van der Waals surface area contributed by atoms with Crippen molar-refractivity contribution >= 4 is 18.1 Å². The normalized spacial score (nSPS) is 28.6.